The van der Waals surface area contributed by atoms with Crippen molar-refractivity contribution in [1.82, 2.24) is 0 Å². The minimum absolute atomic E-state index is 0.0547. The van der Waals surface area contributed by atoms with Crippen molar-refractivity contribution in [2.24, 2.45) is 0 Å². The van der Waals surface area contributed by atoms with Crippen LogP contribution in [-0.2, 0) is 0 Å². The lowest BCUT2D eigenvalue weighted by Crippen LogP contribution is -2.11. The van der Waals surface area contributed by atoms with E-state index in [2.05, 4.69) is 0 Å². The molecule has 5 rings (SSSR count). The highest BCUT2D eigenvalue weighted by Crippen LogP contribution is 2.35. The number of aromatic hydroxyl groups is 1. The molecule has 0 unspecified atom stereocenters. The monoisotopic (exact) mass is 408 g/mol. The summed E-state index contributed by atoms with van der Waals surface area (Å²) in [5, 5.41) is 12.0. The quantitative estimate of drug-likeness (QED) is 0.371. The van der Waals surface area contributed by atoms with Crippen LogP contribution in [0.1, 0.15) is 41.6 Å². The molecule has 4 aromatic carbocycles. The first-order chi connectivity index (χ1) is 15.2. The fraction of sp³-hybridized carbons (Fsp3) is 0.179. The van der Waals surface area contributed by atoms with Crippen molar-refractivity contribution in [2.75, 3.05) is 0 Å². The molecule has 0 heterocycles. The van der Waals surface area contributed by atoms with E-state index in [0.29, 0.717) is 11.1 Å². The Labute approximate surface area is 181 Å². The van der Waals surface area contributed by atoms with Gasteiger partial charge in [-0.25, -0.2) is 0 Å². The van der Waals surface area contributed by atoms with Gasteiger partial charge in [0, 0.05) is 16.7 Å². The summed E-state index contributed by atoms with van der Waals surface area (Å²) >= 11 is 0. The van der Waals surface area contributed by atoms with Crippen LogP contribution in [0.2, 0.25) is 0 Å². The molecule has 31 heavy (non-hydrogen) atoms. The van der Waals surface area contributed by atoms with Crippen molar-refractivity contribution in [2.45, 2.75) is 31.8 Å². The summed E-state index contributed by atoms with van der Waals surface area (Å²) in [4.78, 5) is 13.6. The predicted molar refractivity (Wildman–Crippen MR) is 124 cm³/mol. The smallest absolute Gasteiger partial charge is 0.193 e. The Balaban J connectivity index is 1.61. The van der Waals surface area contributed by atoms with Crippen molar-refractivity contribution < 1.29 is 14.6 Å². The number of carbonyl (C=O) groups is 1. The second-order valence-electron chi connectivity index (χ2n) is 8.14. The van der Waals surface area contributed by atoms with E-state index in [1.54, 1.807) is 12.1 Å². The maximum Gasteiger partial charge on any atom is 0.193 e. The van der Waals surface area contributed by atoms with Crippen LogP contribution in [0.5, 0.6) is 11.5 Å². The molecule has 1 N–H and O–H groups in total. The predicted octanol–water partition coefficient (Wildman–Crippen LogP) is 6.76. The van der Waals surface area contributed by atoms with Crippen LogP contribution in [0.15, 0.2) is 84.9 Å². The first-order valence-corrected chi connectivity index (χ1v) is 10.8. The molecular formula is C28H24O3. The summed E-state index contributed by atoms with van der Waals surface area (Å²) in [6, 6.07) is 26.5. The Morgan fingerprint density at radius 2 is 1.61 bits per heavy atom. The number of fused-ring (bicyclic) bond motifs is 1. The van der Waals surface area contributed by atoms with Crippen LogP contribution in [0.4, 0.5) is 0 Å². The van der Waals surface area contributed by atoms with Crippen LogP contribution in [0.3, 0.4) is 0 Å². The van der Waals surface area contributed by atoms with E-state index >= 15 is 0 Å². The third-order valence-corrected chi connectivity index (χ3v) is 6.01. The van der Waals surface area contributed by atoms with E-state index in [1.807, 2.05) is 72.8 Å². The molecule has 0 aliphatic heterocycles. The molecular weight excluding hydrogens is 384 g/mol. The number of hydrogen-bond acceptors (Lipinski definition) is 3. The van der Waals surface area contributed by atoms with Gasteiger partial charge in [0.1, 0.15) is 11.5 Å². The SMILES string of the molecule is O=C(c1cccc(OC2CCCC2)c1)c1ccc2ccc(O)cc2c1-c1ccccc1. The van der Waals surface area contributed by atoms with Crippen molar-refractivity contribution in [3.05, 3.63) is 96.1 Å². The number of hydrogen-bond donors (Lipinski definition) is 1. The lowest BCUT2D eigenvalue weighted by atomic mass is 9.89. The minimum atomic E-state index is -0.0547. The molecule has 0 saturated heterocycles. The Morgan fingerprint density at radius 1 is 0.839 bits per heavy atom. The molecule has 1 aliphatic carbocycles. The lowest BCUT2D eigenvalue weighted by molar-refractivity contribution is 0.103. The molecule has 154 valence electrons. The number of phenols is 1. The van der Waals surface area contributed by atoms with Gasteiger partial charge in [-0.05, 0) is 72.4 Å². The molecule has 0 atom stereocenters. The van der Waals surface area contributed by atoms with E-state index < -0.39 is 0 Å². The van der Waals surface area contributed by atoms with Gasteiger partial charge in [0.15, 0.2) is 5.78 Å². The molecule has 1 aliphatic rings. The number of carbonyl (C=O) groups excluding carboxylic acids is 1. The summed E-state index contributed by atoms with van der Waals surface area (Å²) in [5.74, 6) is 0.875. The zero-order chi connectivity index (χ0) is 21.2. The third kappa shape index (κ3) is 3.91. The van der Waals surface area contributed by atoms with Gasteiger partial charge in [-0.2, -0.15) is 0 Å². The maximum atomic E-state index is 13.6. The molecule has 1 saturated carbocycles. The molecule has 4 aromatic rings. The third-order valence-electron chi connectivity index (χ3n) is 6.01. The first-order valence-electron chi connectivity index (χ1n) is 10.8. The second kappa shape index (κ2) is 8.27. The zero-order valence-electron chi connectivity index (χ0n) is 17.3. The summed E-state index contributed by atoms with van der Waals surface area (Å²) in [6.45, 7) is 0. The fourth-order valence-corrected chi connectivity index (χ4v) is 4.48. The topological polar surface area (TPSA) is 46.5 Å². The zero-order valence-corrected chi connectivity index (χ0v) is 17.3. The summed E-state index contributed by atoms with van der Waals surface area (Å²) in [7, 11) is 0. The summed E-state index contributed by atoms with van der Waals surface area (Å²) < 4.78 is 6.12. The van der Waals surface area contributed by atoms with Gasteiger partial charge in [0.25, 0.3) is 0 Å². The van der Waals surface area contributed by atoms with Gasteiger partial charge in [-0.1, -0.05) is 54.6 Å². The largest absolute Gasteiger partial charge is 0.508 e. The molecule has 0 radical (unpaired) electrons. The van der Waals surface area contributed by atoms with Crippen LogP contribution < -0.4 is 4.74 Å². The summed E-state index contributed by atoms with van der Waals surface area (Å²) in [5.41, 5.74) is 3.00. The Morgan fingerprint density at radius 3 is 2.42 bits per heavy atom. The van der Waals surface area contributed by atoms with E-state index in [0.717, 1.165) is 40.5 Å². The number of rotatable bonds is 5. The van der Waals surface area contributed by atoms with Crippen molar-refractivity contribution in [3.8, 4) is 22.6 Å². The Bertz CT molecular complexity index is 1240. The molecule has 3 nitrogen and oxygen atoms in total. The average molecular weight is 408 g/mol. The number of phenolic OH excluding ortho intramolecular Hbond substituents is 1. The van der Waals surface area contributed by atoms with Crippen molar-refractivity contribution in [3.63, 3.8) is 0 Å². The average Bonchev–Trinajstić information content (AvgIpc) is 3.31. The Kier molecular flexibility index (Phi) is 5.17. The van der Waals surface area contributed by atoms with Crippen LogP contribution in [0, 0.1) is 0 Å². The second-order valence-corrected chi connectivity index (χ2v) is 8.14. The highest BCUT2D eigenvalue weighted by molar-refractivity contribution is 6.17. The standard InChI is InChI=1S/C28H24O3/c29-22-15-13-19-14-16-25(27(26(19)18-22)20-7-2-1-3-8-20)28(30)21-9-6-12-24(17-21)31-23-10-4-5-11-23/h1-3,6-9,12-18,23,29H,4-5,10-11H2. The number of ketones is 1. The van der Waals surface area contributed by atoms with Gasteiger partial charge in [-0.3, -0.25) is 4.79 Å². The first kappa shape index (κ1) is 19.4. The van der Waals surface area contributed by atoms with E-state index in [9.17, 15) is 9.90 Å². The van der Waals surface area contributed by atoms with Crippen molar-refractivity contribution in [1.29, 1.82) is 0 Å². The van der Waals surface area contributed by atoms with Crippen LogP contribution >= 0.6 is 0 Å². The van der Waals surface area contributed by atoms with Crippen molar-refractivity contribution >= 4 is 16.6 Å². The molecule has 3 heteroatoms. The van der Waals surface area contributed by atoms with E-state index in [4.69, 9.17) is 4.74 Å². The Hall–Kier alpha value is -3.59. The molecule has 0 bridgehead atoms. The molecule has 0 amide bonds. The van der Waals surface area contributed by atoms with Gasteiger partial charge >= 0.3 is 0 Å². The summed E-state index contributed by atoms with van der Waals surface area (Å²) in [6.07, 6.45) is 4.80. The minimum Gasteiger partial charge on any atom is -0.508 e. The lowest BCUT2D eigenvalue weighted by Gasteiger charge is -2.15. The van der Waals surface area contributed by atoms with Crippen LogP contribution in [-0.4, -0.2) is 17.0 Å². The highest BCUT2D eigenvalue weighted by Gasteiger charge is 2.20. The number of benzene rings is 4. The van der Waals surface area contributed by atoms with E-state index in [-0.39, 0.29) is 17.6 Å². The molecule has 0 spiro atoms. The molecule has 0 aromatic heterocycles. The fourth-order valence-electron chi connectivity index (χ4n) is 4.48. The van der Waals surface area contributed by atoms with Gasteiger partial charge in [-0.15, -0.1) is 0 Å². The highest BCUT2D eigenvalue weighted by atomic mass is 16.5. The van der Waals surface area contributed by atoms with Gasteiger partial charge < -0.3 is 9.84 Å². The van der Waals surface area contributed by atoms with Crippen LogP contribution in [0.25, 0.3) is 21.9 Å². The number of ether oxygens (including phenoxy) is 1. The van der Waals surface area contributed by atoms with E-state index in [1.165, 1.54) is 12.8 Å². The molecule has 1 fully saturated rings. The normalized spacial score (nSPS) is 14.1. The van der Waals surface area contributed by atoms with Gasteiger partial charge in [0.05, 0.1) is 6.10 Å². The van der Waals surface area contributed by atoms with Gasteiger partial charge in [0.2, 0.25) is 0 Å². The maximum absolute atomic E-state index is 13.6.